The van der Waals surface area contributed by atoms with Crippen molar-refractivity contribution in [2.24, 2.45) is 0 Å². The third-order valence-electron chi connectivity index (χ3n) is 4.27. The summed E-state index contributed by atoms with van der Waals surface area (Å²) in [6.07, 6.45) is 7.78. The number of carbonyl (C=O) groups is 1. The summed E-state index contributed by atoms with van der Waals surface area (Å²) in [5.74, 6) is 1.84. The molecule has 0 aromatic heterocycles. The average molecular weight is 370 g/mol. The highest BCUT2D eigenvalue weighted by Gasteiger charge is 2.13. The van der Waals surface area contributed by atoms with E-state index in [1.165, 1.54) is 19.3 Å². The van der Waals surface area contributed by atoms with Crippen molar-refractivity contribution in [2.45, 2.75) is 25.7 Å². The molecule has 0 N–H and O–H groups in total. The van der Waals surface area contributed by atoms with E-state index in [1.54, 1.807) is 33.5 Å². The number of likely N-dealkylation sites (tertiary alicyclic amines) is 1. The van der Waals surface area contributed by atoms with Gasteiger partial charge in [-0.3, -0.25) is 4.79 Å². The lowest BCUT2D eigenvalue weighted by molar-refractivity contribution is -0.114. The van der Waals surface area contributed by atoms with Crippen LogP contribution in [-0.4, -0.2) is 51.6 Å². The molecule has 1 aromatic carbocycles. The molecule has 2 rings (SSSR count). The standard InChI is InChI=1S/C19H27NO4.ClH/c1-22-17-13-15(14-18(23-2)19(17)24-3)7-8-16(21)9-12-20-10-5-4-6-11-20;/h7-8,13-14H,4-6,9-12H2,1-3H3;1H/b8-7+;. The van der Waals surface area contributed by atoms with Crippen LogP contribution >= 0.6 is 12.4 Å². The average Bonchev–Trinajstić information content (AvgIpc) is 2.64. The minimum Gasteiger partial charge on any atom is -0.493 e. The summed E-state index contributed by atoms with van der Waals surface area (Å²) in [5.41, 5.74) is 0.843. The van der Waals surface area contributed by atoms with Crippen LogP contribution in [0.1, 0.15) is 31.2 Å². The normalized spacial score (nSPS) is 14.8. The summed E-state index contributed by atoms with van der Waals surface area (Å²) in [6, 6.07) is 3.66. The van der Waals surface area contributed by atoms with Gasteiger partial charge in [-0.2, -0.15) is 0 Å². The van der Waals surface area contributed by atoms with Crippen LogP contribution in [0.5, 0.6) is 17.2 Å². The van der Waals surface area contributed by atoms with E-state index in [9.17, 15) is 4.79 Å². The Bertz CT molecular complexity index is 558. The number of piperidine rings is 1. The lowest BCUT2D eigenvalue weighted by atomic mass is 10.1. The van der Waals surface area contributed by atoms with Crippen molar-refractivity contribution in [3.05, 3.63) is 23.8 Å². The first-order valence-electron chi connectivity index (χ1n) is 8.41. The predicted molar refractivity (Wildman–Crippen MR) is 102 cm³/mol. The maximum absolute atomic E-state index is 12.1. The number of allylic oxidation sites excluding steroid dienone is 1. The number of methoxy groups -OCH3 is 3. The Balaban J connectivity index is 0.00000312. The van der Waals surface area contributed by atoms with Crippen LogP contribution in [0.25, 0.3) is 6.08 Å². The molecule has 1 fully saturated rings. The van der Waals surface area contributed by atoms with Gasteiger partial charge >= 0.3 is 0 Å². The fourth-order valence-corrected chi connectivity index (χ4v) is 2.92. The number of nitrogens with zero attached hydrogens (tertiary/aromatic N) is 1. The number of ether oxygens (including phenoxy) is 3. The molecule has 1 saturated heterocycles. The molecule has 1 heterocycles. The van der Waals surface area contributed by atoms with E-state index in [4.69, 9.17) is 14.2 Å². The van der Waals surface area contributed by atoms with E-state index < -0.39 is 0 Å². The second-order valence-corrected chi connectivity index (χ2v) is 5.91. The van der Waals surface area contributed by atoms with Gasteiger partial charge in [-0.05, 0) is 49.7 Å². The van der Waals surface area contributed by atoms with Crippen molar-refractivity contribution in [2.75, 3.05) is 41.0 Å². The third kappa shape index (κ3) is 6.25. The molecule has 25 heavy (non-hydrogen) atoms. The summed E-state index contributed by atoms with van der Waals surface area (Å²) in [4.78, 5) is 14.5. The van der Waals surface area contributed by atoms with Crippen LogP contribution in [0.3, 0.4) is 0 Å². The molecule has 1 aliphatic heterocycles. The molecular weight excluding hydrogens is 342 g/mol. The van der Waals surface area contributed by atoms with Crippen LogP contribution in [0.15, 0.2) is 18.2 Å². The fraction of sp³-hybridized carbons (Fsp3) is 0.526. The third-order valence-corrected chi connectivity index (χ3v) is 4.27. The Kier molecular flexibility index (Phi) is 9.39. The van der Waals surface area contributed by atoms with Gasteiger partial charge in [-0.1, -0.05) is 12.5 Å². The molecule has 1 aliphatic rings. The lowest BCUT2D eigenvalue weighted by Crippen LogP contribution is -2.31. The van der Waals surface area contributed by atoms with Crippen LogP contribution < -0.4 is 14.2 Å². The molecule has 0 radical (unpaired) electrons. The van der Waals surface area contributed by atoms with Gasteiger partial charge < -0.3 is 19.1 Å². The van der Waals surface area contributed by atoms with Crippen molar-refractivity contribution in [3.63, 3.8) is 0 Å². The number of hydrogen-bond acceptors (Lipinski definition) is 5. The molecule has 0 atom stereocenters. The van der Waals surface area contributed by atoms with Gasteiger partial charge in [0.2, 0.25) is 5.75 Å². The van der Waals surface area contributed by atoms with E-state index in [-0.39, 0.29) is 18.2 Å². The molecule has 0 saturated carbocycles. The van der Waals surface area contributed by atoms with Crippen LogP contribution in [0, 0.1) is 0 Å². The molecule has 0 amide bonds. The zero-order chi connectivity index (χ0) is 17.4. The molecule has 0 spiro atoms. The number of halogens is 1. The van der Waals surface area contributed by atoms with Crippen molar-refractivity contribution < 1.29 is 19.0 Å². The minimum atomic E-state index is 0. The van der Waals surface area contributed by atoms with Crippen molar-refractivity contribution in [3.8, 4) is 17.2 Å². The summed E-state index contributed by atoms with van der Waals surface area (Å²) >= 11 is 0. The van der Waals surface area contributed by atoms with Crippen molar-refractivity contribution in [1.82, 2.24) is 4.90 Å². The van der Waals surface area contributed by atoms with E-state index in [0.29, 0.717) is 23.7 Å². The zero-order valence-corrected chi connectivity index (χ0v) is 16.1. The van der Waals surface area contributed by atoms with E-state index in [0.717, 1.165) is 25.2 Å². The number of hydrogen-bond donors (Lipinski definition) is 0. The molecule has 6 heteroatoms. The second kappa shape index (κ2) is 11.0. The van der Waals surface area contributed by atoms with Crippen molar-refractivity contribution in [1.29, 1.82) is 0 Å². The largest absolute Gasteiger partial charge is 0.493 e. The summed E-state index contributed by atoms with van der Waals surface area (Å²) in [7, 11) is 4.73. The maximum Gasteiger partial charge on any atom is 0.203 e. The minimum absolute atomic E-state index is 0. The monoisotopic (exact) mass is 369 g/mol. The first kappa shape index (κ1) is 21.3. The highest BCUT2D eigenvalue weighted by atomic mass is 35.5. The van der Waals surface area contributed by atoms with E-state index in [2.05, 4.69) is 4.90 Å². The molecule has 0 bridgehead atoms. The Morgan fingerprint density at radius 2 is 1.64 bits per heavy atom. The Hall–Kier alpha value is -1.72. The van der Waals surface area contributed by atoms with Crippen LogP contribution in [-0.2, 0) is 4.79 Å². The number of benzene rings is 1. The van der Waals surface area contributed by atoms with E-state index in [1.807, 2.05) is 12.1 Å². The highest BCUT2D eigenvalue weighted by molar-refractivity contribution is 5.93. The zero-order valence-electron chi connectivity index (χ0n) is 15.2. The summed E-state index contributed by atoms with van der Waals surface area (Å²) < 4.78 is 15.9. The van der Waals surface area contributed by atoms with Gasteiger partial charge in [-0.15, -0.1) is 12.4 Å². The Morgan fingerprint density at radius 3 is 2.16 bits per heavy atom. The number of ketones is 1. The predicted octanol–water partition coefficient (Wildman–Crippen LogP) is 3.59. The summed E-state index contributed by atoms with van der Waals surface area (Å²) in [6.45, 7) is 3.08. The quantitative estimate of drug-likeness (QED) is 0.655. The molecule has 140 valence electrons. The first-order valence-corrected chi connectivity index (χ1v) is 8.41. The highest BCUT2D eigenvalue weighted by Crippen LogP contribution is 2.38. The van der Waals surface area contributed by atoms with Gasteiger partial charge in [0.1, 0.15) is 0 Å². The molecule has 5 nitrogen and oxygen atoms in total. The lowest BCUT2D eigenvalue weighted by Gasteiger charge is -2.25. The second-order valence-electron chi connectivity index (χ2n) is 5.91. The summed E-state index contributed by atoms with van der Waals surface area (Å²) in [5, 5.41) is 0. The molecule has 0 aliphatic carbocycles. The van der Waals surface area contributed by atoms with Crippen LogP contribution in [0.4, 0.5) is 0 Å². The van der Waals surface area contributed by atoms with Gasteiger partial charge in [0, 0.05) is 13.0 Å². The van der Waals surface area contributed by atoms with Gasteiger partial charge in [0.15, 0.2) is 17.3 Å². The maximum atomic E-state index is 12.1. The van der Waals surface area contributed by atoms with E-state index >= 15 is 0 Å². The number of carbonyl (C=O) groups excluding carboxylic acids is 1. The fourth-order valence-electron chi connectivity index (χ4n) is 2.92. The Morgan fingerprint density at radius 1 is 1.04 bits per heavy atom. The molecule has 0 unspecified atom stereocenters. The Labute approximate surface area is 156 Å². The first-order chi connectivity index (χ1) is 11.7. The topological polar surface area (TPSA) is 48.0 Å². The smallest absolute Gasteiger partial charge is 0.203 e. The van der Waals surface area contributed by atoms with Crippen LogP contribution in [0.2, 0.25) is 0 Å². The van der Waals surface area contributed by atoms with Gasteiger partial charge in [0.05, 0.1) is 21.3 Å². The van der Waals surface area contributed by atoms with Gasteiger partial charge in [-0.25, -0.2) is 0 Å². The SMILES string of the molecule is COc1cc(/C=C/C(=O)CCN2CCCCC2)cc(OC)c1OC.Cl. The molecular formula is C19H28ClNO4. The van der Waals surface area contributed by atoms with Gasteiger partial charge in [0.25, 0.3) is 0 Å². The molecule has 1 aromatic rings. The van der Waals surface area contributed by atoms with Crippen molar-refractivity contribution >= 4 is 24.3 Å². The number of rotatable bonds is 8.